The van der Waals surface area contributed by atoms with Crippen LogP contribution in [-0.4, -0.2) is 5.11 Å². The first-order valence-corrected chi connectivity index (χ1v) is 5.74. The summed E-state index contributed by atoms with van der Waals surface area (Å²) in [5, 5.41) is 21.1. The summed E-state index contributed by atoms with van der Waals surface area (Å²) in [6.45, 7) is 0.723. The maximum atomic E-state index is 9.06. The average molecular weight is 238 g/mol. The summed E-state index contributed by atoms with van der Waals surface area (Å²) in [7, 11) is 0. The second-order valence-electron chi connectivity index (χ2n) is 4.02. The Kier molecular flexibility index (Phi) is 3.95. The second-order valence-corrected chi connectivity index (χ2v) is 4.02. The molecule has 0 saturated heterocycles. The number of rotatable bonds is 4. The van der Waals surface area contributed by atoms with Gasteiger partial charge in [0.1, 0.15) is 0 Å². The normalized spacial score (nSPS) is 9.78. The van der Waals surface area contributed by atoms with E-state index in [9.17, 15) is 0 Å². The first-order chi connectivity index (χ1) is 8.81. The lowest BCUT2D eigenvalue weighted by molar-refractivity contribution is 0.281. The van der Waals surface area contributed by atoms with Crippen molar-refractivity contribution in [3.05, 3.63) is 65.2 Å². The summed E-state index contributed by atoms with van der Waals surface area (Å²) in [4.78, 5) is 0. The van der Waals surface area contributed by atoms with Gasteiger partial charge in [0.15, 0.2) is 0 Å². The van der Waals surface area contributed by atoms with Crippen molar-refractivity contribution in [3.8, 4) is 6.07 Å². The van der Waals surface area contributed by atoms with Gasteiger partial charge in [-0.3, -0.25) is 0 Å². The molecule has 2 aromatic carbocycles. The monoisotopic (exact) mass is 238 g/mol. The van der Waals surface area contributed by atoms with E-state index in [-0.39, 0.29) is 6.61 Å². The minimum absolute atomic E-state index is 0.0533. The van der Waals surface area contributed by atoms with Crippen LogP contribution < -0.4 is 5.32 Å². The van der Waals surface area contributed by atoms with E-state index in [1.54, 1.807) is 6.07 Å². The quantitative estimate of drug-likeness (QED) is 0.861. The minimum atomic E-state index is 0.0533. The molecule has 2 aromatic rings. The first-order valence-electron chi connectivity index (χ1n) is 5.74. The van der Waals surface area contributed by atoms with Crippen molar-refractivity contribution in [2.24, 2.45) is 0 Å². The molecule has 0 aliphatic rings. The number of nitrogens with zero attached hydrogens (tertiary/aromatic N) is 1. The van der Waals surface area contributed by atoms with Gasteiger partial charge in [0.25, 0.3) is 0 Å². The Morgan fingerprint density at radius 2 is 1.83 bits per heavy atom. The van der Waals surface area contributed by atoms with Crippen LogP contribution in [0, 0.1) is 11.3 Å². The number of benzene rings is 2. The largest absolute Gasteiger partial charge is 0.392 e. The van der Waals surface area contributed by atoms with Gasteiger partial charge in [0.2, 0.25) is 0 Å². The molecular formula is C15H14N2O. The van der Waals surface area contributed by atoms with Crippen LogP contribution in [0.2, 0.25) is 0 Å². The summed E-state index contributed by atoms with van der Waals surface area (Å²) in [5.74, 6) is 0. The topological polar surface area (TPSA) is 56.0 Å². The number of anilines is 1. The fraction of sp³-hybridized carbons (Fsp3) is 0.133. The zero-order valence-corrected chi connectivity index (χ0v) is 9.93. The molecular weight excluding hydrogens is 224 g/mol. The van der Waals surface area contributed by atoms with E-state index in [0.717, 1.165) is 16.8 Å². The number of hydrogen-bond donors (Lipinski definition) is 2. The van der Waals surface area contributed by atoms with Gasteiger partial charge in [-0.1, -0.05) is 30.3 Å². The summed E-state index contributed by atoms with van der Waals surface area (Å²) in [5.41, 5.74) is 3.57. The Labute approximate surface area is 106 Å². The van der Waals surface area contributed by atoms with Crippen molar-refractivity contribution in [1.29, 1.82) is 5.26 Å². The molecule has 0 spiro atoms. The standard InChI is InChI=1S/C15H14N2O/c16-9-12-3-2-6-15(8-12)17-10-13-4-1-5-14(7-13)11-18/h1-8,17-18H,10-11H2. The van der Waals surface area contributed by atoms with Gasteiger partial charge in [-0.05, 0) is 29.3 Å². The molecule has 0 saturated carbocycles. The summed E-state index contributed by atoms with van der Waals surface area (Å²) >= 11 is 0. The van der Waals surface area contributed by atoms with Crippen molar-refractivity contribution in [1.82, 2.24) is 0 Å². The molecule has 0 fully saturated rings. The molecule has 3 heteroatoms. The van der Waals surface area contributed by atoms with Crippen LogP contribution in [0.4, 0.5) is 5.69 Å². The Morgan fingerprint density at radius 3 is 2.61 bits per heavy atom. The Balaban J connectivity index is 2.04. The van der Waals surface area contributed by atoms with Gasteiger partial charge in [-0.15, -0.1) is 0 Å². The highest BCUT2D eigenvalue weighted by atomic mass is 16.3. The van der Waals surface area contributed by atoms with Crippen LogP contribution in [-0.2, 0) is 13.2 Å². The fourth-order valence-electron chi connectivity index (χ4n) is 1.74. The van der Waals surface area contributed by atoms with E-state index in [0.29, 0.717) is 12.1 Å². The minimum Gasteiger partial charge on any atom is -0.392 e. The number of aliphatic hydroxyl groups is 1. The molecule has 2 rings (SSSR count). The van der Waals surface area contributed by atoms with Gasteiger partial charge in [0.05, 0.1) is 18.2 Å². The lowest BCUT2D eigenvalue weighted by Crippen LogP contribution is -2.00. The highest BCUT2D eigenvalue weighted by molar-refractivity contribution is 5.49. The lowest BCUT2D eigenvalue weighted by atomic mass is 10.1. The van der Waals surface area contributed by atoms with Gasteiger partial charge >= 0.3 is 0 Å². The third-order valence-electron chi connectivity index (χ3n) is 2.66. The van der Waals surface area contributed by atoms with E-state index in [2.05, 4.69) is 11.4 Å². The van der Waals surface area contributed by atoms with Crippen molar-refractivity contribution in [2.75, 3.05) is 5.32 Å². The number of hydrogen-bond acceptors (Lipinski definition) is 3. The van der Waals surface area contributed by atoms with Gasteiger partial charge in [-0.25, -0.2) is 0 Å². The number of nitrogens with one attached hydrogen (secondary N) is 1. The molecule has 3 nitrogen and oxygen atoms in total. The van der Waals surface area contributed by atoms with Crippen LogP contribution in [0.3, 0.4) is 0 Å². The lowest BCUT2D eigenvalue weighted by Gasteiger charge is -2.07. The Morgan fingerprint density at radius 1 is 1.06 bits per heavy atom. The van der Waals surface area contributed by atoms with Gasteiger partial charge in [0, 0.05) is 12.2 Å². The predicted molar refractivity (Wildman–Crippen MR) is 70.8 cm³/mol. The van der Waals surface area contributed by atoms with Gasteiger partial charge in [-0.2, -0.15) is 5.26 Å². The highest BCUT2D eigenvalue weighted by Crippen LogP contribution is 2.12. The van der Waals surface area contributed by atoms with Crippen molar-refractivity contribution < 1.29 is 5.11 Å². The summed E-state index contributed by atoms with van der Waals surface area (Å²) in [6.07, 6.45) is 0. The predicted octanol–water partition coefficient (Wildman–Crippen LogP) is 2.66. The molecule has 2 N–H and O–H groups in total. The first kappa shape index (κ1) is 12.2. The van der Waals surface area contributed by atoms with E-state index in [4.69, 9.17) is 10.4 Å². The fourth-order valence-corrected chi connectivity index (χ4v) is 1.74. The summed E-state index contributed by atoms with van der Waals surface area (Å²) < 4.78 is 0. The maximum Gasteiger partial charge on any atom is 0.0992 e. The zero-order valence-electron chi connectivity index (χ0n) is 9.93. The number of aliphatic hydroxyl groups excluding tert-OH is 1. The second kappa shape index (κ2) is 5.85. The van der Waals surface area contributed by atoms with Gasteiger partial charge < -0.3 is 10.4 Å². The van der Waals surface area contributed by atoms with Crippen LogP contribution in [0.5, 0.6) is 0 Å². The van der Waals surface area contributed by atoms with Crippen molar-refractivity contribution in [3.63, 3.8) is 0 Å². The number of nitriles is 1. The van der Waals surface area contributed by atoms with Crippen LogP contribution in [0.1, 0.15) is 16.7 Å². The van der Waals surface area contributed by atoms with E-state index in [1.807, 2.05) is 42.5 Å². The van der Waals surface area contributed by atoms with Crippen LogP contribution >= 0.6 is 0 Å². The molecule has 0 radical (unpaired) electrons. The SMILES string of the molecule is N#Cc1cccc(NCc2cccc(CO)c2)c1. The average Bonchev–Trinajstić information content (AvgIpc) is 2.45. The Hall–Kier alpha value is -2.31. The molecule has 90 valence electrons. The molecule has 0 aliphatic heterocycles. The molecule has 0 heterocycles. The summed E-state index contributed by atoms with van der Waals surface area (Å²) in [6, 6.07) is 17.3. The molecule has 0 bridgehead atoms. The molecule has 0 amide bonds. The van der Waals surface area contributed by atoms with Crippen molar-refractivity contribution >= 4 is 5.69 Å². The Bertz CT molecular complexity index is 573. The smallest absolute Gasteiger partial charge is 0.0992 e. The zero-order chi connectivity index (χ0) is 12.8. The molecule has 18 heavy (non-hydrogen) atoms. The molecule has 0 aliphatic carbocycles. The maximum absolute atomic E-state index is 9.06. The van der Waals surface area contributed by atoms with Crippen LogP contribution in [0.15, 0.2) is 48.5 Å². The molecule has 0 atom stereocenters. The van der Waals surface area contributed by atoms with E-state index >= 15 is 0 Å². The third kappa shape index (κ3) is 3.09. The van der Waals surface area contributed by atoms with E-state index < -0.39 is 0 Å². The highest BCUT2D eigenvalue weighted by Gasteiger charge is 1.97. The molecule has 0 aromatic heterocycles. The van der Waals surface area contributed by atoms with E-state index in [1.165, 1.54) is 0 Å². The molecule has 0 unspecified atom stereocenters. The van der Waals surface area contributed by atoms with Crippen molar-refractivity contribution in [2.45, 2.75) is 13.2 Å². The third-order valence-corrected chi connectivity index (χ3v) is 2.66. The van der Waals surface area contributed by atoms with Crippen LogP contribution in [0.25, 0.3) is 0 Å².